The SMILES string of the molecule is N#CC(=NO)c1ccccc1COc1ccc(C(F)(F)F)cc1. The molecule has 0 heterocycles. The van der Waals surface area contributed by atoms with Gasteiger partial charge in [0, 0.05) is 5.56 Å². The number of hydrogen-bond acceptors (Lipinski definition) is 4. The van der Waals surface area contributed by atoms with E-state index in [1.54, 1.807) is 30.3 Å². The first-order chi connectivity index (χ1) is 11.0. The van der Waals surface area contributed by atoms with Crippen molar-refractivity contribution >= 4 is 5.71 Å². The quantitative estimate of drug-likeness (QED) is 0.526. The normalized spacial score (nSPS) is 11.8. The van der Waals surface area contributed by atoms with Crippen LogP contribution in [0.5, 0.6) is 5.75 Å². The number of rotatable bonds is 4. The van der Waals surface area contributed by atoms with Gasteiger partial charge in [0.25, 0.3) is 0 Å². The van der Waals surface area contributed by atoms with Crippen molar-refractivity contribution in [3.63, 3.8) is 0 Å². The van der Waals surface area contributed by atoms with Crippen molar-refractivity contribution in [2.75, 3.05) is 0 Å². The predicted octanol–water partition coefficient (Wildman–Crippen LogP) is 3.99. The summed E-state index contributed by atoms with van der Waals surface area (Å²) >= 11 is 0. The second-order valence-electron chi connectivity index (χ2n) is 4.53. The maximum absolute atomic E-state index is 12.5. The summed E-state index contributed by atoms with van der Waals surface area (Å²) < 4.78 is 42.9. The zero-order valence-electron chi connectivity index (χ0n) is 11.7. The highest BCUT2D eigenvalue weighted by molar-refractivity contribution is 6.12. The lowest BCUT2D eigenvalue weighted by molar-refractivity contribution is -0.137. The van der Waals surface area contributed by atoms with Crippen LogP contribution in [0.4, 0.5) is 13.2 Å². The topological polar surface area (TPSA) is 65.6 Å². The molecule has 0 bridgehead atoms. The average Bonchev–Trinajstić information content (AvgIpc) is 2.54. The molecule has 2 aromatic carbocycles. The Morgan fingerprint density at radius 2 is 1.78 bits per heavy atom. The van der Waals surface area contributed by atoms with E-state index in [1.165, 1.54) is 12.1 Å². The van der Waals surface area contributed by atoms with Gasteiger partial charge in [0.05, 0.1) is 5.56 Å². The van der Waals surface area contributed by atoms with Crippen LogP contribution in [-0.4, -0.2) is 10.9 Å². The van der Waals surface area contributed by atoms with Crippen LogP contribution >= 0.6 is 0 Å². The van der Waals surface area contributed by atoms with Gasteiger partial charge in [-0.1, -0.05) is 29.4 Å². The molecule has 0 unspecified atom stereocenters. The molecule has 0 amide bonds. The van der Waals surface area contributed by atoms with Gasteiger partial charge in [-0.05, 0) is 29.8 Å². The zero-order valence-corrected chi connectivity index (χ0v) is 11.7. The van der Waals surface area contributed by atoms with Gasteiger partial charge in [-0.3, -0.25) is 0 Å². The summed E-state index contributed by atoms with van der Waals surface area (Å²) in [4.78, 5) is 0. The molecule has 0 radical (unpaired) electrons. The van der Waals surface area contributed by atoms with E-state index in [9.17, 15) is 13.2 Å². The van der Waals surface area contributed by atoms with Crippen molar-refractivity contribution in [3.05, 3.63) is 65.2 Å². The van der Waals surface area contributed by atoms with Crippen molar-refractivity contribution in [2.45, 2.75) is 12.8 Å². The van der Waals surface area contributed by atoms with Gasteiger partial charge in [0.2, 0.25) is 0 Å². The minimum absolute atomic E-state index is 0.0161. The molecule has 7 heteroatoms. The monoisotopic (exact) mass is 320 g/mol. The van der Waals surface area contributed by atoms with E-state index in [4.69, 9.17) is 15.2 Å². The maximum Gasteiger partial charge on any atom is 0.416 e. The lowest BCUT2D eigenvalue weighted by Crippen LogP contribution is -2.06. The van der Waals surface area contributed by atoms with Gasteiger partial charge >= 0.3 is 6.18 Å². The van der Waals surface area contributed by atoms with Gasteiger partial charge in [-0.2, -0.15) is 18.4 Å². The third kappa shape index (κ3) is 4.01. The van der Waals surface area contributed by atoms with Crippen LogP contribution in [0.25, 0.3) is 0 Å². The van der Waals surface area contributed by atoms with E-state index in [2.05, 4.69) is 5.16 Å². The fourth-order valence-corrected chi connectivity index (χ4v) is 1.91. The number of nitriles is 1. The number of benzene rings is 2. The third-order valence-electron chi connectivity index (χ3n) is 3.05. The zero-order chi connectivity index (χ0) is 16.9. The Bertz CT molecular complexity index is 747. The van der Waals surface area contributed by atoms with Crippen LogP contribution < -0.4 is 4.74 Å². The van der Waals surface area contributed by atoms with Gasteiger partial charge in [-0.25, -0.2) is 0 Å². The number of hydrogen-bond donors (Lipinski definition) is 1. The molecule has 1 N–H and O–H groups in total. The van der Waals surface area contributed by atoms with E-state index >= 15 is 0 Å². The second kappa shape index (κ2) is 6.83. The molecule has 2 aromatic rings. The molecule has 0 spiro atoms. The number of alkyl halides is 3. The summed E-state index contributed by atoms with van der Waals surface area (Å²) in [6, 6.07) is 12.7. The van der Waals surface area contributed by atoms with Crippen LogP contribution in [0, 0.1) is 11.3 Å². The largest absolute Gasteiger partial charge is 0.489 e. The van der Waals surface area contributed by atoms with Crippen LogP contribution in [0.2, 0.25) is 0 Å². The van der Waals surface area contributed by atoms with E-state index in [-0.39, 0.29) is 18.1 Å². The van der Waals surface area contributed by atoms with Crippen LogP contribution in [-0.2, 0) is 12.8 Å². The van der Waals surface area contributed by atoms with E-state index in [0.29, 0.717) is 11.1 Å². The standard InChI is InChI=1S/C16H11F3N2O2/c17-16(18,19)12-5-7-13(8-6-12)23-10-11-3-1-2-4-14(11)15(9-20)21-22/h1-8,22H,10H2. The molecule has 0 fully saturated rings. The third-order valence-corrected chi connectivity index (χ3v) is 3.05. The van der Waals surface area contributed by atoms with E-state index in [0.717, 1.165) is 12.1 Å². The highest BCUT2D eigenvalue weighted by Crippen LogP contribution is 2.30. The lowest BCUT2D eigenvalue weighted by Gasteiger charge is -2.11. The molecule has 2 rings (SSSR count). The first-order valence-corrected chi connectivity index (χ1v) is 6.46. The maximum atomic E-state index is 12.5. The number of nitrogens with zero attached hydrogens (tertiary/aromatic N) is 2. The summed E-state index contributed by atoms with van der Waals surface area (Å²) in [6.07, 6.45) is -4.40. The number of ether oxygens (including phenoxy) is 1. The fraction of sp³-hybridized carbons (Fsp3) is 0.125. The van der Waals surface area contributed by atoms with E-state index in [1.807, 2.05) is 0 Å². The number of oxime groups is 1. The highest BCUT2D eigenvalue weighted by atomic mass is 19.4. The van der Waals surface area contributed by atoms with Crippen molar-refractivity contribution in [2.24, 2.45) is 5.16 Å². The minimum Gasteiger partial charge on any atom is -0.489 e. The summed E-state index contributed by atoms with van der Waals surface area (Å²) in [5, 5.41) is 20.6. The molecule has 0 aliphatic carbocycles. The van der Waals surface area contributed by atoms with Crippen molar-refractivity contribution in [3.8, 4) is 11.8 Å². The Labute approximate surface area is 130 Å². The molecule has 118 valence electrons. The Morgan fingerprint density at radius 3 is 2.35 bits per heavy atom. The Hall–Kier alpha value is -3.01. The summed E-state index contributed by atoms with van der Waals surface area (Å²) in [6.45, 7) is 0.0161. The first kappa shape index (κ1) is 16.4. The van der Waals surface area contributed by atoms with Crippen LogP contribution in [0.1, 0.15) is 16.7 Å². The van der Waals surface area contributed by atoms with Gasteiger partial charge in [0.15, 0.2) is 5.71 Å². The molecule has 0 atom stereocenters. The molecule has 0 saturated carbocycles. The van der Waals surface area contributed by atoms with Crippen LogP contribution in [0.3, 0.4) is 0 Å². The molecule has 0 saturated heterocycles. The smallest absolute Gasteiger partial charge is 0.416 e. The molecule has 0 aromatic heterocycles. The highest BCUT2D eigenvalue weighted by Gasteiger charge is 2.30. The molecule has 0 aliphatic rings. The lowest BCUT2D eigenvalue weighted by atomic mass is 10.0. The van der Waals surface area contributed by atoms with E-state index < -0.39 is 11.7 Å². The van der Waals surface area contributed by atoms with Crippen molar-refractivity contribution in [1.82, 2.24) is 0 Å². The Morgan fingerprint density at radius 1 is 1.13 bits per heavy atom. The molecular weight excluding hydrogens is 309 g/mol. The summed E-state index contributed by atoms with van der Waals surface area (Å²) in [7, 11) is 0. The van der Waals surface area contributed by atoms with Crippen molar-refractivity contribution < 1.29 is 23.1 Å². The average molecular weight is 320 g/mol. The summed E-state index contributed by atoms with van der Waals surface area (Å²) in [5.41, 5.74) is 0.0345. The minimum atomic E-state index is -4.40. The Balaban J connectivity index is 2.15. The van der Waals surface area contributed by atoms with Crippen LogP contribution in [0.15, 0.2) is 53.7 Å². The molecule has 4 nitrogen and oxygen atoms in total. The second-order valence-corrected chi connectivity index (χ2v) is 4.53. The van der Waals surface area contributed by atoms with Crippen molar-refractivity contribution in [1.29, 1.82) is 5.26 Å². The fourth-order valence-electron chi connectivity index (χ4n) is 1.91. The molecule has 23 heavy (non-hydrogen) atoms. The molecular formula is C16H11F3N2O2. The first-order valence-electron chi connectivity index (χ1n) is 6.46. The van der Waals surface area contributed by atoms with Gasteiger partial charge in [-0.15, -0.1) is 0 Å². The Kier molecular flexibility index (Phi) is 4.86. The van der Waals surface area contributed by atoms with Gasteiger partial charge in [0.1, 0.15) is 18.4 Å². The number of halogens is 3. The van der Waals surface area contributed by atoms with Gasteiger partial charge < -0.3 is 9.94 Å². The summed E-state index contributed by atoms with van der Waals surface area (Å²) in [5.74, 6) is 0.257. The molecule has 0 aliphatic heterocycles. The predicted molar refractivity (Wildman–Crippen MR) is 76.2 cm³/mol.